The van der Waals surface area contributed by atoms with Crippen molar-refractivity contribution in [1.82, 2.24) is 25.0 Å². The summed E-state index contributed by atoms with van der Waals surface area (Å²) < 4.78 is 5.78. The largest absolute Gasteiger partial charge is 0.481 e. The van der Waals surface area contributed by atoms with Gasteiger partial charge in [-0.1, -0.05) is 39.8 Å². The van der Waals surface area contributed by atoms with Gasteiger partial charge in [-0.25, -0.2) is 4.98 Å². The summed E-state index contributed by atoms with van der Waals surface area (Å²) in [6.07, 6.45) is -0.612. The zero-order chi connectivity index (χ0) is 34.4. The molecule has 2 unspecified atom stereocenters. The van der Waals surface area contributed by atoms with E-state index < -0.39 is 83.0 Å². The van der Waals surface area contributed by atoms with Gasteiger partial charge in [0.25, 0.3) is 11.8 Å². The van der Waals surface area contributed by atoms with Crippen LogP contribution in [0, 0.1) is 17.8 Å². The third-order valence-electron chi connectivity index (χ3n) is 9.53. The van der Waals surface area contributed by atoms with Gasteiger partial charge in [-0.15, -0.1) is 0 Å². The lowest BCUT2D eigenvalue weighted by Gasteiger charge is -2.42. The molecule has 3 heterocycles. The van der Waals surface area contributed by atoms with Gasteiger partial charge < -0.3 is 20.2 Å². The van der Waals surface area contributed by atoms with Crippen LogP contribution in [0.4, 0.5) is 0 Å². The number of hydrogen-bond donors (Lipinski definition) is 3. The third kappa shape index (κ3) is 5.87. The van der Waals surface area contributed by atoms with Crippen molar-refractivity contribution in [3.8, 4) is 0 Å². The Labute approximate surface area is 270 Å². The maximum absolute atomic E-state index is 14.7. The number of carboxylic acids is 1. The van der Waals surface area contributed by atoms with Crippen molar-refractivity contribution in [1.29, 1.82) is 0 Å². The molecule has 0 radical (unpaired) electrons. The van der Waals surface area contributed by atoms with Gasteiger partial charge in [-0.2, -0.15) is 0 Å². The molecule has 2 aromatic rings. The van der Waals surface area contributed by atoms with E-state index in [4.69, 9.17) is 15.3 Å². The standard InChI is InChI=1S/C32H40N6O9/c1-16(2)23(33)29(45)35-31(46)32-18(26(42)25(28(32)44)37-13-11-36(12-14-37)21(39)15-22(40)41)9-10-38(32)24(17(3)4)27(43)30-34-19-7-5-6-8-20(19)47-30/h5-8,16-18,23-25H,9-15,33H2,1-4H3,(H,40,41)(H,35,45,46)/t18?,23-,24-,25?,32+/m0/s1. The van der Waals surface area contributed by atoms with Gasteiger partial charge in [0.05, 0.1) is 18.0 Å². The van der Waals surface area contributed by atoms with Gasteiger partial charge in [-0.3, -0.25) is 48.7 Å². The second kappa shape index (κ2) is 13.0. The van der Waals surface area contributed by atoms with Crippen molar-refractivity contribution in [2.24, 2.45) is 23.5 Å². The maximum atomic E-state index is 14.7. The lowest BCUT2D eigenvalue weighted by Crippen LogP contribution is -2.68. The van der Waals surface area contributed by atoms with E-state index in [9.17, 15) is 33.6 Å². The van der Waals surface area contributed by atoms with Crippen LogP contribution in [0.5, 0.6) is 0 Å². The Morgan fingerprint density at radius 2 is 1.68 bits per heavy atom. The molecule has 0 bridgehead atoms. The molecule has 1 aliphatic carbocycles. The number of nitrogens with zero attached hydrogens (tertiary/aromatic N) is 4. The first kappa shape index (κ1) is 34.0. The summed E-state index contributed by atoms with van der Waals surface area (Å²) in [5, 5.41) is 11.3. The molecule has 2 aliphatic heterocycles. The molecule has 5 rings (SSSR count). The van der Waals surface area contributed by atoms with Crippen molar-refractivity contribution >= 4 is 52.1 Å². The fraction of sp³-hybridized carbons (Fsp3) is 0.562. The van der Waals surface area contributed by atoms with Crippen LogP contribution >= 0.6 is 0 Å². The number of aliphatic carboxylic acids is 1. The van der Waals surface area contributed by atoms with E-state index in [1.165, 1.54) is 9.80 Å². The van der Waals surface area contributed by atoms with Gasteiger partial charge in [0, 0.05) is 32.7 Å². The molecule has 1 saturated carbocycles. The average Bonchev–Trinajstić information content (AvgIpc) is 3.68. The van der Waals surface area contributed by atoms with Crippen molar-refractivity contribution in [3.63, 3.8) is 0 Å². The van der Waals surface area contributed by atoms with E-state index >= 15 is 0 Å². The number of benzene rings is 1. The Balaban J connectivity index is 1.52. The molecular weight excluding hydrogens is 612 g/mol. The Morgan fingerprint density at radius 1 is 1.02 bits per heavy atom. The number of para-hydroxylation sites is 2. The number of amides is 3. The number of fused-ring (bicyclic) bond motifs is 2. The quantitative estimate of drug-likeness (QED) is 0.225. The van der Waals surface area contributed by atoms with E-state index in [0.717, 1.165) is 0 Å². The van der Waals surface area contributed by atoms with Crippen LogP contribution in [-0.4, -0.2) is 122 Å². The molecule has 1 aromatic carbocycles. The van der Waals surface area contributed by atoms with E-state index in [2.05, 4.69) is 10.3 Å². The van der Waals surface area contributed by atoms with Crippen LogP contribution in [0.15, 0.2) is 28.7 Å². The zero-order valence-corrected chi connectivity index (χ0v) is 26.8. The van der Waals surface area contributed by atoms with Crippen LogP contribution in [0.2, 0.25) is 0 Å². The molecule has 5 atom stereocenters. The van der Waals surface area contributed by atoms with E-state index in [1.54, 1.807) is 56.9 Å². The molecule has 4 N–H and O–H groups in total. The first-order valence-corrected chi connectivity index (χ1v) is 15.8. The number of carboxylic acid groups (broad SMARTS) is 1. The molecule has 3 aliphatic rings. The number of nitrogens with one attached hydrogen (secondary N) is 1. The molecule has 3 amide bonds. The van der Waals surface area contributed by atoms with Crippen molar-refractivity contribution in [2.75, 3.05) is 32.7 Å². The van der Waals surface area contributed by atoms with E-state index in [1.807, 2.05) is 0 Å². The summed E-state index contributed by atoms with van der Waals surface area (Å²) in [6.45, 7) is 7.21. The van der Waals surface area contributed by atoms with Gasteiger partial charge >= 0.3 is 5.97 Å². The minimum Gasteiger partial charge on any atom is -0.481 e. The number of likely N-dealkylation sites (tertiary alicyclic amines) is 1. The number of rotatable bonds is 10. The molecule has 15 nitrogen and oxygen atoms in total. The number of oxazole rings is 1. The first-order valence-electron chi connectivity index (χ1n) is 15.8. The SMILES string of the molecule is CC(C)[C@H](N)C(=O)NC(=O)[C@]12C(=O)C(N3CCN(C(=O)CC(=O)O)CC3)C(=O)C1CCN2[C@H](C(=O)c1nc2ccccc2o1)C(C)C. The number of carbonyl (C=O) groups is 7. The van der Waals surface area contributed by atoms with E-state index in [-0.39, 0.29) is 51.0 Å². The Hall–Kier alpha value is -4.34. The summed E-state index contributed by atoms with van der Waals surface area (Å²) >= 11 is 0. The van der Waals surface area contributed by atoms with Gasteiger partial charge in [0.2, 0.25) is 17.6 Å². The van der Waals surface area contributed by atoms with Crippen molar-refractivity contribution in [2.45, 2.75) is 64.2 Å². The number of Topliss-reactive ketones (excluding diaryl/α,β-unsaturated/α-hetero) is 3. The fourth-order valence-electron chi connectivity index (χ4n) is 7.12. The number of hydrogen-bond acceptors (Lipinski definition) is 12. The second-order valence-electron chi connectivity index (χ2n) is 13.1. The monoisotopic (exact) mass is 652 g/mol. The highest BCUT2D eigenvalue weighted by Gasteiger charge is 2.72. The lowest BCUT2D eigenvalue weighted by atomic mass is 9.83. The Morgan fingerprint density at radius 3 is 2.28 bits per heavy atom. The molecule has 0 spiro atoms. The van der Waals surface area contributed by atoms with Gasteiger partial charge in [0.1, 0.15) is 18.0 Å². The predicted octanol–water partition coefficient (Wildman–Crippen LogP) is -0.139. The third-order valence-corrected chi connectivity index (χ3v) is 9.53. The van der Waals surface area contributed by atoms with Crippen molar-refractivity contribution in [3.05, 3.63) is 30.2 Å². The molecule has 47 heavy (non-hydrogen) atoms. The fourth-order valence-corrected chi connectivity index (χ4v) is 7.12. The molecular formula is C32H40N6O9. The number of nitrogens with two attached hydrogens (primary N) is 1. The topological polar surface area (TPSA) is 214 Å². The smallest absolute Gasteiger partial charge is 0.312 e. The van der Waals surface area contributed by atoms with Gasteiger partial charge in [0.15, 0.2) is 22.7 Å². The highest BCUT2D eigenvalue weighted by molar-refractivity contribution is 6.30. The summed E-state index contributed by atoms with van der Waals surface area (Å²) in [5.74, 6) is -7.76. The highest BCUT2D eigenvalue weighted by Crippen LogP contribution is 2.47. The summed E-state index contributed by atoms with van der Waals surface area (Å²) in [4.78, 5) is 103. The van der Waals surface area contributed by atoms with Crippen LogP contribution < -0.4 is 11.1 Å². The number of carbonyl (C=O) groups excluding carboxylic acids is 6. The van der Waals surface area contributed by atoms with Crippen molar-refractivity contribution < 1.29 is 43.1 Å². The Bertz CT molecular complexity index is 1590. The number of aromatic nitrogens is 1. The molecule has 2 saturated heterocycles. The van der Waals surface area contributed by atoms with Crippen LogP contribution in [0.1, 0.15) is 51.2 Å². The predicted molar refractivity (Wildman–Crippen MR) is 165 cm³/mol. The minimum atomic E-state index is -2.21. The average molecular weight is 653 g/mol. The molecule has 3 fully saturated rings. The van der Waals surface area contributed by atoms with Crippen LogP contribution in [0.25, 0.3) is 11.1 Å². The molecule has 1 aromatic heterocycles. The number of piperazine rings is 1. The maximum Gasteiger partial charge on any atom is 0.312 e. The van der Waals surface area contributed by atoms with Gasteiger partial charge in [-0.05, 0) is 30.4 Å². The molecule has 15 heteroatoms. The van der Waals surface area contributed by atoms with E-state index in [0.29, 0.717) is 11.1 Å². The molecule has 252 valence electrons. The minimum absolute atomic E-state index is 0.0268. The number of ketones is 3. The Kier molecular flexibility index (Phi) is 9.44. The zero-order valence-electron chi connectivity index (χ0n) is 26.8. The second-order valence-corrected chi connectivity index (χ2v) is 13.1. The summed E-state index contributed by atoms with van der Waals surface area (Å²) in [6, 6.07) is 3.23. The van der Waals surface area contributed by atoms with Crippen LogP contribution in [-0.2, 0) is 28.8 Å². The summed E-state index contributed by atoms with van der Waals surface area (Å²) in [7, 11) is 0. The van der Waals surface area contributed by atoms with Crippen LogP contribution in [0.3, 0.4) is 0 Å². The summed E-state index contributed by atoms with van der Waals surface area (Å²) in [5.41, 5.74) is 4.66. The highest BCUT2D eigenvalue weighted by atomic mass is 16.4. The normalized spacial score (nSPS) is 25.0. The lowest BCUT2D eigenvalue weighted by molar-refractivity contribution is -0.148. The first-order chi connectivity index (χ1) is 22.2. The number of imide groups is 1.